The van der Waals surface area contributed by atoms with Gasteiger partial charge in [-0.3, -0.25) is 4.79 Å². The quantitative estimate of drug-likeness (QED) is 0.629. The van der Waals surface area contributed by atoms with Gasteiger partial charge in [0.25, 0.3) is 0 Å². The maximum Gasteiger partial charge on any atom is 0.207 e. The van der Waals surface area contributed by atoms with Crippen molar-refractivity contribution in [2.24, 2.45) is 10.8 Å². The van der Waals surface area contributed by atoms with Gasteiger partial charge in [-0.1, -0.05) is 48.0 Å². The molecule has 0 aliphatic rings. The average molecular weight is 227 g/mol. The molecule has 1 N–H and O–H groups in total. The molecule has 2 nitrogen and oxygen atoms in total. The molecule has 0 bridgehead atoms. The van der Waals surface area contributed by atoms with E-state index in [0.29, 0.717) is 0 Å². The van der Waals surface area contributed by atoms with Crippen LogP contribution >= 0.6 is 0 Å². The second-order valence-corrected chi connectivity index (χ2v) is 5.65. The third-order valence-corrected chi connectivity index (χ3v) is 4.60. The Morgan fingerprint density at radius 2 is 1.75 bits per heavy atom. The number of rotatable bonds is 8. The Kier molecular flexibility index (Phi) is 6.06. The van der Waals surface area contributed by atoms with E-state index >= 15 is 0 Å². The van der Waals surface area contributed by atoms with Crippen molar-refractivity contribution in [1.29, 1.82) is 0 Å². The molecule has 0 saturated heterocycles. The first-order valence-corrected chi connectivity index (χ1v) is 6.59. The van der Waals surface area contributed by atoms with Crippen LogP contribution in [0.15, 0.2) is 0 Å². The van der Waals surface area contributed by atoms with E-state index in [1.165, 1.54) is 12.8 Å². The predicted molar refractivity (Wildman–Crippen MR) is 70.4 cm³/mol. The topological polar surface area (TPSA) is 29.1 Å². The van der Waals surface area contributed by atoms with Crippen molar-refractivity contribution in [1.82, 2.24) is 5.32 Å². The van der Waals surface area contributed by atoms with Crippen LogP contribution in [0.4, 0.5) is 0 Å². The van der Waals surface area contributed by atoms with Crippen LogP contribution in [-0.2, 0) is 4.79 Å². The SMILES string of the molecule is CCCC(C)(C)[C@](C)(CC)C(CC)NC=O. The van der Waals surface area contributed by atoms with Crippen molar-refractivity contribution in [2.75, 3.05) is 0 Å². The predicted octanol–water partition coefficient (Wildman–Crippen LogP) is 3.75. The Hall–Kier alpha value is -0.530. The normalized spacial score (nSPS) is 17.6. The first-order valence-electron chi connectivity index (χ1n) is 6.59. The van der Waals surface area contributed by atoms with Crippen LogP contribution in [0.25, 0.3) is 0 Å². The molecule has 2 atom stereocenters. The molecule has 0 aromatic heterocycles. The molecule has 0 fully saturated rings. The molecular weight excluding hydrogens is 198 g/mol. The minimum atomic E-state index is 0.165. The molecular formula is C14H29NO. The Morgan fingerprint density at radius 1 is 1.19 bits per heavy atom. The standard InChI is InChI=1S/C14H29NO/c1-7-10-13(4,5)14(6,9-3)12(8-2)15-11-16/h11-12H,7-10H2,1-6H3,(H,15,16)/t12?,14-/m1/s1. The summed E-state index contributed by atoms with van der Waals surface area (Å²) in [6.45, 7) is 13.6. The highest BCUT2D eigenvalue weighted by Gasteiger charge is 2.43. The van der Waals surface area contributed by atoms with Gasteiger partial charge >= 0.3 is 0 Å². The van der Waals surface area contributed by atoms with Gasteiger partial charge in [-0.25, -0.2) is 0 Å². The summed E-state index contributed by atoms with van der Waals surface area (Å²) in [5.74, 6) is 0. The molecule has 0 saturated carbocycles. The molecule has 0 aliphatic heterocycles. The maximum atomic E-state index is 10.7. The number of carbonyl (C=O) groups is 1. The zero-order valence-electron chi connectivity index (χ0n) is 11.9. The van der Waals surface area contributed by atoms with E-state index in [4.69, 9.17) is 0 Å². The lowest BCUT2D eigenvalue weighted by Crippen LogP contribution is -2.50. The molecule has 1 unspecified atom stereocenters. The molecule has 16 heavy (non-hydrogen) atoms. The summed E-state index contributed by atoms with van der Waals surface area (Å²) in [6.07, 6.45) is 5.34. The summed E-state index contributed by atoms with van der Waals surface area (Å²) in [4.78, 5) is 10.7. The first kappa shape index (κ1) is 15.5. The van der Waals surface area contributed by atoms with E-state index in [2.05, 4.69) is 46.9 Å². The van der Waals surface area contributed by atoms with Crippen molar-refractivity contribution in [3.8, 4) is 0 Å². The highest BCUT2D eigenvalue weighted by Crippen LogP contribution is 2.48. The van der Waals surface area contributed by atoms with Crippen LogP contribution in [0, 0.1) is 10.8 Å². The van der Waals surface area contributed by atoms with Crippen molar-refractivity contribution < 1.29 is 4.79 Å². The van der Waals surface area contributed by atoms with Crippen molar-refractivity contribution in [3.63, 3.8) is 0 Å². The van der Waals surface area contributed by atoms with Gasteiger partial charge in [-0.05, 0) is 30.1 Å². The number of carbonyl (C=O) groups excluding carboxylic acids is 1. The van der Waals surface area contributed by atoms with Gasteiger partial charge in [-0.15, -0.1) is 0 Å². The largest absolute Gasteiger partial charge is 0.355 e. The monoisotopic (exact) mass is 227 g/mol. The van der Waals surface area contributed by atoms with Crippen LogP contribution in [-0.4, -0.2) is 12.5 Å². The van der Waals surface area contributed by atoms with E-state index < -0.39 is 0 Å². The fourth-order valence-electron chi connectivity index (χ4n) is 2.94. The Labute approximate surface area is 101 Å². The first-order chi connectivity index (χ1) is 7.39. The summed E-state index contributed by atoms with van der Waals surface area (Å²) in [5, 5.41) is 3.01. The van der Waals surface area contributed by atoms with Crippen LogP contribution in [0.2, 0.25) is 0 Å². The minimum Gasteiger partial charge on any atom is -0.355 e. The fourth-order valence-corrected chi connectivity index (χ4v) is 2.94. The lowest BCUT2D eigenvalue weighted by molar-refractivity contribution is -0.112. The lowest BCUT2D eigenvalue weighted by Gasteiger charge is -2.49. The van der Waals surface area contributed by atoms with Crippen LogP contribution in [0.1, 0.15) is 67.2 Å². The molecule has 96 valence electrons. The van der Waals surface area contributed by atoms with Gasteiger partial charge in [0.1, 0.15) is 0 Å². The maximum absolute atomic E-state index is 10.7. The molecule has 0 aliphatic carbocycles. The van der Waals surface area contributed by atoms with Gasteiger partial charge in [0.15, 0.2) is 0 Å². The van der Waals surface area contributed by atoms with Gasteiger partial charge in [0.05, 0.1) is 0 Å². The minimum absolute atomic E-state index is 0.165. The highest BCUT2D eigenvalue weighted by atomic mass is 16.1. The molecule has 0 heterocycles. The van der Waals surface area contributed by atoms with Gasteiger partial charge in [-0.2, -0.15) is 0 Å². The Balaban J connectivity index is 5.05. The third kappa shape index (κ3) is 2.99. The summed E-state index contributed by atoms with van der Waals surface area (Å²) in [6, 6.07) is 0.275. The molecule has 0 aromatic carbocycles. The summed E-state index contributed by atoms with van der Waals surface area (Å²) in [5.41, 5.74) is 0.422. The summed E-state index contributed by atoms with van der Waals surface area (Å²) in [7, 11) is 0. The van der Waals surface area contributed by atoms with Crippen LogP contribution < -0.4 is 5.32 Å². The highest BCUT2D eigenvalue weighted by molar-refractivity contribution is 5.47. The van der Waals surface area contributed by atoms with Crippen molar-refractivity contribution >= 4 is 6.41 Å². The van der Waals surface area contributed by atoms with Crippen LogP contribution in [0.5, 0.6) is 0 Å². The molecule has 1 amide bonds. The molecule has 0 rings (SSSR count). The molecule has 0 aromatic rings. The van der Waals surface area contributed by atoms with E-state index in [1.807, 2.05) is 0 Å². The third-order valence-electron chi connectivity index (χ3n) is 4.60. The second kappa shape index (κ2) is 6.27. The second-order valence-electron chi connectivity index (χ2n) is 5.65. The lowest BCUT2D eigenvalue weighted by atomic mass is 9.59. The van der Waals surface area contributed by atoms with Crippen LogP contribution in [0.3, 0.4) is 0 Å². The van der Waals surface area contributed by atoms with Crippen molar-refractivity contribution in [3.05, 3.63) is 0 Å². The molecule has 0 spiro atoms. The number of hydrogen-bond donors (Lipinski definition) is 1. The summed E-state index contributed by atoms with van der Waals surface area (Å²) >= 11 is 0. The Morgan fingerprint density at radius 3 is 2.06 bits per heavy atom. The van der Waals surface area contributed by atoms with Gasteiger partial charge in [0.2, 0.25) is 6.41 Å². The smallest absolute Gasteiger partial charge is 0.207 e. The summed E-state index contributed by atoms with van der Waals surface area (Å²) < 4.78 is 0. The number of amides is 1. The van der Waals surface area contributed by atoms with E-state index in [0.717, 1.165) is 19.3 Å². The van der Waals surface area contributed by atoms with Gasteiger partial charge in [0, 0.05) is 6.04 Å². The zero-order chi connectivity index (χ0) is 12.8. The fraction of sp³-hybridized carbons (Fsp3) is 0.929. The average Bonchev–Trinajstić information content (AvgIpc) is 2.24. The van der Waals surface area contributed by atoms with E-state index in [1.54, 1.807) is 0 Å². The Bertz CT molecular complexity index is 213. The van der Waals surface area contributed by atoms with Gasteiger partial charge < -0.3 is 5.32 Å². The van der Waals surface area contributed by atoms with Crippen molar-refractivity contribution in [2.45, 2.75) is 73.3 Å². The number of hydrogen-bond acceptors (Lipinski definition) is 1. The van der Waals surface area contributed by atoms with E-state index in [9.17, 15) is 4.79 Å². The molecule has 0 radical (unpaired) electrons. The van der Waals surface area contributed by atoms with E-state index in [-0.39, 0.29) is 16.9 Å². The molecule has 2 heteroatoms. The zero-order valence-corrected chi connectivity index (χ0v) is 11.9. The number of nitrogens with one attached hydrogen (secondary N) is 1.